The molecule has 4 rings (SSSR count). The second-order valence-electron chi connectivity index (χ2n) is 6.64. The van der Waals surface area contributed by atoms with Crippen LogP contribution in [0.5, 0.6) is 0 Å². The van der Waals surface area contributed by atoms with Gasteiger partial charge in [-0.1, -0.05) is 35.9 Å². The first-order valence-electron chi connectivity index (χ1n) is 8.90. The van der Waals surface area contributed by atoms with Gasteiger partial charge in [0.15, 0.2) is 0 Å². The molecule has 0 bridgehead atoms. The quantitative estimate of drug-likeness (QED) is 0.270. The Bertz CT molecular complexity index is 1280. The van der Waals surface area contributed by atoms with Crippen LogP contribution in [-0.4, -0.2) is 10.3 Å². The minimum atomic E-state index is -4.63. The van der Waals surface area contributed by atoms with Crippen molar-refractivity contribution in [2.75, 3.05) is 5.32 Å². The Morgan fingerprint density at radius 3 is 2.13 bits per heavy atom. The fraction of sp³-hybridized carbons (Fsp3) is 0.0455. The number of carbonyl (C=O) groups is 1. The van der Waals surface area contributed by atoms with Crippen LogP contribution >= 0.6 is 11.6 Å². The van der Waals surface area contributed by atoms with Crippen molar-refractivity contribution in [2.24, 2.45) is 0 Å². The molecule has 0 saturated carbocycles. The molecule has 3 nitrogen and oxygen atoms in total. The molecule has 2 aromatic carbocycles. The predicted molar refractivity (Wildman–Crippen MR) is 107 cm³/mol. The van der Waals surface area contributed by atoms with Crippen molar-refractivity contribution in [1.82, 2.24) is 4.40 Å². The van der Waals surface area contributed by atoms with Crippen molar-refractivity contribution in [2.45, 2.75) is 6.18 Å². The number of halogens is 6. The normalized spacial score (nSPS) is 11.7. The molecule has 2 heterocycles. The first-order chi connectivity index (χ1) is 14.7. The Hall–Kier alpha value is -3.39. The van der Waals surface area contributed by atoms with Crippen molar-refractivity contribution < 1.29 is 26.7 Å². The highest BCUT2D eigenvalue weighted by molar-refractivity contribution is 6.30. The molecule has 0 aliphatic rings. The molecule has 1 amide bonds. The van der Waals surface area contributed by atoms with Gasteiger partial charge >= 0.3 is 6.18 Å². The average Bonchev–Trinajstić information content (AvgIpc) is 3.10. The van der Waals surface area contributed by atoms with Gasteiger partial charge in [0.1, 0.15) is 22.4 Å². The summed E-state index contributed by atoms with van der Waals surface area (Å²) in [7, 11) is 0. The van der Waals surface area contributed by atoms with E-state index in [1.54, 1.807) is 6.07 Å². The number of alkyl halides is 3. The van der Waals surface area contributed by atoms with Crippen molar-refractivity contribution >= 4 is 28.7 Å². The summed E-state index contributed by atoms with van der Waals surface area (Å²) in [5.74, 6) is -3.08. The largest absolute Gasteiger partial charge is 0.418 e. The lowest BCUT2D eigenvalue weighted by Gasteiger charge is -2.12. The van der Waals surface area contributed by atoms with E-state index < -0.39 is 34.8 Å². The second-order valence-corrected chi connectivity index (χ2v) is 7.03. The second kappa shape index (κ2) is 7.70. The molecule has 9 heteroatoms. The Kier molecular flexibility index (Phi) is 5.18. The van der Waals surface area contributed by atoms with Crippen LogP contribution in [0, 0.1) is 11.6 Å². The first-order valence-corrected chi connectivity index (χ1v) is 9.27. The van der Waals surface area contributed by atoms with Crippen molar-refractivity contribution in [3.63, 3.8) is 0 Å². The Morgan fingerprint density at radius 1 is 0.903 bits per heavy atom. The number of aromatic nitrogens is 1. The molecule has 0 unspecified atom stereocenters. The van der Waals surface area contributed by atoms with Crippen LogP contribution in [0.1, 0.15) is 15.9 Å². The van der Waals surface area contributed by atoms with E-state index in [1.807, 2.05) is 0 Å². The smallest absolute Gasteiger partial charge is 0.322 e. The highest BCUT2D eigenvalue weighted by Crippen LogP contribution is 2.40. The van der Waals surface area contributed by atoms with E-state index in [9.17, 15) is 26.7 Å². The summed E-state index contributed by atoms with van der Waals surface area (Å²) in [6.07, 6.45) is -4.63. The van der Waals surface area contributed by atoms with E-state index in [0.29, 0.717) is 0 Å². The van der Waals surface area contributed by atoms with E-state index in [0.717, 1.165) is 24.3 Å². The third-order valence-electron chi connectivity index (χ3n) is 4.65. The lowest BCUT2D eigenvalue weighted by atomic mass is 10.1. The Balaban J connectivity index is 1.72. The van der Waals surface area contributed by atoms with E-state index in [4.69, 9.17) is 11.6 Å². The molecular formula is C22H12ClF5N2O. The van der Waals surface area contributed by atoms with Crippen LogP contribution < -0.4 is 5.32 Å². The predicted octanol–water partition coefficient (Wildman–Crippen LogP) is 6.81. The van der Waals surface area contributed by atoms with Crippen molar-refractivity contribution in [1.29, 1.82) is 0 Å². The molecule has 0 aliphatic carbocycles. The SMILES string of the molecule is O=C(Nc1ccc(-c2c(C(F)(F)F)cc3cccc(Cl)n23)cc1)c1c(F)cccc1F. The maximum absolute atomic E-state index is 13.8. The van der Waals surface area contributed by atoms with Gasteiger partial charge in [0.25, 0.3) is 5.91 Å². The van der Waals surface area contributed by atoms with Crippen LogP contribution in [0.25, 0.3) is 16.8 Å². The zero-order valence-electron chi connectivity index (χ0n) is 15.5. The Morgan fingerprint density at radius 2 is 1.52 bits per heavy atom. The number of carbonyl (C=O) groups excluding carboxylic acids is 1. The Labute approximate surface area is 177 Å². The van der Waals surface area contributed by atoms with Crippen LogP contribution in [0.2, 0.25) is 5.15 Å². The zero-order valence-corrected chi connectivity index (χ0v) is 16.2. The van der Waals surface area contributed by atoms with Gasteiger partial charge in [-0.05, 0) is 48.0 Å². The standard InChI is InChI=1S/C22H12ClF5N2O/c23-18-6-1-3-14-11-15(22(26,27)28)20(30(14)18)12-7-9-13(10-8-12)29-21(31)19-16(24)4-2-5-17(19)25/h1-11H,(H,29,31). The number of rotatable bonds is 3. The topological polar surface area (TPSA) is 33.5 Å². The number of pyridine rings is 1. The summed E-state index contributed by atoms with van der Waals surface area (Å²) in [6.45, 7) is 0. The molecule has 0 atom stereocenters. The van der Waals surface area contributed by atoms with E-state index in [1.165, 1.54) is 40.8 Å². The van der Waals surface area contributed by atoms with Gasteiger partial charge in [0.05, 0.1) is 11.3 Å². The molecule has 2 aromatic heterocycles. The van der Waals surface area contributed by atoms with E-state index in [2.05, 4.69) is 5.32 Å². The fourth-order valence-electron chi connectivity index (χ4n) is 3.30. The molecule has 0 saturated heterocycles. The first kappa shape index (κ1) is 20.9. The number of hydrogen-bond donors (Lipinski definition) is 1. The molecule has 4 aromatic rings. The maximum Gasteiger partial charge on any atom is 0.418 e. The van der Waals surface area contributed by atoms with Gasteiger partial charge in [-0.25, -0.2) is 8.78 Å². The monoisotopic (exact) mass is 450 g/mol. The minimum Gasteiger partial charge on any atom is -0.322 e. The van der Waals surface area contributed by atoms with Gasteiger partial charge in [-0.2, -0.15) is 13.2 Å². The van der Waals surface area contributed by atoms with Gasteiger partial charge in [-0.3, -0.25) is 9.20 Å². The number of fused-ring (bicyclic) bond motifs is 1. The number of anilines is 1. The molecule has 0 fully saturated rings. The molecular weight excluding hydrogens is 439 g/mol. The fourth-order valence-corrected chi connectivity index (χ4v) is 3.56. The van der Waals surface area contributed by atoms with Gasteiger partial charge in [0.2, 0.25) is 0 Å². The minimum absolute atomic E-state index is 0.0930. The van der Waals surface area contributed by atoms with E-state index in [-0.39, 0.29) is 27.6 Å². The summed E-state index contributed by atoms with van der Waals surface area (Å²) >= 11 is 6.14. The van der Waals surface area contributed by atoms with Crippen LogP contribution in [0.4, 0.5) is 27.6 Å². The number of nitrogens with zero attached hydrogens (tertiary/aromatic N) is 1. The number of amides is 1. The molecule has 158 valence electrons. The summed E-state index contributed by atoms with van der Waals surface area (Å²) < 4.78 is 69.7. The zero-order chi connectivity index (χ0) is 22.3. The van der Waals surface area contributed by atoms with Gasteiger partial charge in [-0.15, -0.1) is 0 Å². The third-order valence-corrected chi connectivity index (χ3v) is 4.95. The number of nitrogens with one attached hydrogen (secondary N) is 1. The highest BCUT2D eigenvalue weighted by atomic mass is 35.5. The molecule has 0 aliphatic heterocycles. The van der Waals surface area contributed by atoms with Crippen LogP contribution in [-0.2, 0) is 6.18 Å². The van der Waals surface area contributed by atoms with Gasteiger partial charge < -0.3 is 5.32 Å². The summed E-state index contributed by atoms with van der Waals surface area (Å²) in [5, 5.41) is 2.42. The van der Waals surface area contributed by atoms with Crippen LogP contribution in [0.15, 0.2) is 66.7 Å². The molecule has 0 radical (unpaired) electrons. The third kappa shape index (κ3) is 3.86. The number of hydrogen-bond acceptors (Lipinski definition) is 1. The van der Waals surface area contributed by atoms with Gasteiger partial charge in [0, 0.05) is 11.2 Å². The average molecular weight is 451 g/mol. The number of benzene rings is 2. The maximum atomic E-state index is 13.8. The van der Waals surface area contributed by atoms with Crippen LogP contribution in [0.3, 0.4) is 0 Å². The summed E-state index contributed by atoms with van der Waals surface area (Å²) in [4.78, 5) is 12.2. The van der Waals surface area contributed by atoms with E-state index >= 15 is 0 Å². The van der Waals surface area contributed by atoms with Crippen molar-refractivity contribution in [3.8, 4) is 11.3 Å². The molecule has 1 N–H and O–H groups in total. The van der Waals surface area contributed by atoms with Crippen molar-refractivity contribution in [3.05, 3.63) is 94.6 Å². The summed E-state index contributed by atoms with van der Waals surface area (Å²) in [5.41, 5.74) is -1.18. The lowest BCUT2D eigenvalue weighted by Crippen LogP contribution is -2.15. The lowest BCUT2D eigenvalue weighted by molar-refractivity contribution is -0.137. The molecule has 0 spiro atoms. The highest BCUT2D eigenvalue weighted by Gasteiger charge is 2.36. The summed E-state index contributed by atoms with van der Waals surface area (Å²) in [6, 6.07) is 13.9. The molecule has 31 heavy (non-hydrogen) atoms.